The van der Waals surface area contributed by atoms with Crippen molar-refractivity contribution in [3.05, 3.63) is 71.4 Å². The van der Waals surface area contributed by atoms with Crippen LogP contribution in [0.1, 0.15) is 31.4 Å². The largest absolute Gasteiger partial charge is 0.434 e. The van der Waals surface area contributed by atoms with Crippen LogP contribution in [-0.4, -0.2) is 28.6 Å². The van der Waals surface area contributed by atoms with Gasteiger partial charge in [0.15, 0.2) is 5.11 Å². The van der Waals surface area contributed by atoms with Crippen molar-refractivity contribution >= 4 is 28.9 Å². The minimum atomic E-state index is -2.98. The average Bonchev–Trinajstić information content (AvgIpc) is 3.53. The van der Waals surface area contributed by atoms with Crippen molar-refractivity contribution in [3.8, 4) is 5.75 Å². The summed E-state index contributed by atoms with van der Waals surface area (Å²) in [6.07, 6.45) is 1.98. The summed E-state index contributed by atoms with van der Waals surface area (Å²) in [5.74, 6) is -0.318. The first-order valence-corrected chi connectivity index (χ1v) is 10.1. The van der Waals surface area contributed by atoms with Crippen molar-refractivity contribution in [2.45, 2.75) is 38.5 Å². The number of nitrogens with zero attached hydrogens (tertiary/aromatic N) is 1. The number of para-hydroxylation sites is 2. The number of allylic oxidation sites excluding steroid dienone is 1. The van der Waals surface area contributed by atoms with Gasteiger partial charge in [-0.1, -0.05) is 36.4 Å². The molecule has 1 aliphatic heterocycles. The summed E-state index contributed by atoms with van der Waals surface area (Å²) in [5.41, 5.74) is 2.20. The van der Waals surface area contributed by atoms with E-state index in [1.807, 2.05) is 30.0 Å². The second-order valence-electron chi connectivity index (χ2n) is 7.22. The summed E-state index contributed by atoms with van der Waals surface area (Å²) < 4.78 is 30.7. The summed E-state index contributed by atoms with van der Waals surface area (Å²) in [7, 11) is 0. The topological polar surface area (TPSA) is 53.6 Å². The summed E-state index contributed by atoms with van der Waals surface area (Å²) in [6, 6.07) is 15.1. The first-order chi connectivity index (χ1) is 14.5. The number of halogens is 2. The highest BCUT2D eigenvalue weighted by Crippen LogP contribution is 2.40. The number of carbonyl (C=O) groups excluding carboxylic acids is 1. The fourth-order valence-electron chi connectivity index (χ4n) is 3.70. The van der Waals surface area contributed by atoms with Crippen LogP contribution in [0.4, 0.5) is 14.5 Å². The number of amides is 1. The molecule has 1 atom stereocenters. The second-order valence-corrected chi connectivity index (χ2v) is 7.61. The van der Waals surface area contributed by atoms with Gasteiger partial charge in [-0.15, -0.1) is 0 Å². The van der Waals surface area contributed by atoms with Gasteiger partial charge in [-0.25, -0.2) is 0 Å². The van der Waals surface area contributed by atoms with Crippen LogP contribution < -0.4 is 15.4 Å². The Balaban J connectivity index is 1.77. The number of alkyl halides is 2. The number of anilines is 1. The summed E-state index contributed by atoms with van der Waals surface area (Å²) in [5, 5.41) is 6.55. The molecule has 2 aromatic rings. The molecule has 0 aromatic heterocycles. The van der Waals surface area contributed by atoms with Crippen LogP contribution >= 0.6 is 12.2 Å². The van der Waals surface area contributed by atoms with E-state index in [0.29, 0.717) is 27.6 Å². The van der Waals surface area contributed by atoms with Gasteiger partial charge in [0.1, 0.15) is 5.75 Å². The highest BCUT2D eigenvalue weighted by Gasteiger charge is 2.41. The first kappa shape index (κ1) is 20.3. The SMILES string of the molecule is CC1=C(C(=O)Nc2ccccc2)C(c2ccccc2OC(F)F)NC(=S)N1C1CC1. The van der Waals surface area contributed by atoms with Crippen LogP contribution in [-0.2, 0) is 4.79 Å². The fourth-order valence-corrected chi connectivity index (χ4v) is 4.10. The van der Waals surface area contributed by atoms with Gasteiger partial charge in [-0.3, -0.25) is 4.79 Å². The number of ether oxygens (including phenoxy) is 1. The molecule has 8 heteroatoms. The van der Waals surface area contributed by atoms with Crippen molar-refractivity contribution < 1.29 is 18.3 Å². The molecule has 1 amide bonds. The number of benzene rings is 2. The van der Waals surface area contributed by atoms with E-state index < -0.39 is 12.7 Å². The fraction of sp³-hybridized carbons (Fsp3) is 0.273. The van der Waals surface area contributed by atoms with Gasteiger partial charge in [0.25, 0.3) is 5.91 Å². The van der Waals surface area contributed by atoms with E-state index in [9.17, 15) is 13.6 Å². The number of rotatable bonds is 6. The average molecular weight is 429 g/mol. The molecule has 1 aliphatic carbocycles. The molecule has 1 saturated carbocycles. The van der Waals surface area contributed by atoms with Crippen molar-refractivity contribution in [1.29, 1.82) is 0 Å². The van der Waals surface area contributed by atoms with Crippen molar-refractivity contribution in [2.24, 2.45) is 0 Å². The van der Waals surface area contributed by atoms with Crippen LogP contribution in [0.25, 0.3) is 0 Å². The first-order valence-electron chi connectivity index (χ1n) is 9.66. The third-order valence-electron chi connectivity index (χ3n) is 5.16. The molecular formula is C22H21F2N3O2S. The number of hydrogen-bond acceptors (Lipinski definition) is 3. The molecule has 2 aromatic carbocycles. The van der Waals surface area contributed by atoms with Crippen LogP contribution in [0, 0.1) is 0 Å². The molecule has 0 bridgehead atoms. The number of hydrogen-bond donors (Lipinski definition) is 2. The quantitative estimate of drug-likeness (QED) is 0.658. The molecule has 2 N–H and O–H groups in total. The molecule has 0 radical (unpaired) electrons. The zero-order valence-electron chi connectivity index (χ0n) is 16.3. The van der Waals surface area contributed by atoms with E-state index in [1.54, 1.807) is 30.3 Å². The minimum absolute atomic E-state index is 0.00508. The molecular weight excluding hydrogens is 408 g/mol. The van der Waals surface area contributed by atoms with E-state index in [-0.39, 0.29) is 17.7 Å². The molecule has 0 spiro atoms. The Labute approximate surface area is 178 Å². The third kappa shape index (κ3) is 4.14. The summed E-state index contributed by atoms with van der Waals surface area (Å²) in [6.45, 7) is -1.13. The molecule has 1 unspecified atom stereocenters. The Morgan fingerprint density at radius 2 is 1.83 bits per heavy atom. The van der Waals surface area contributed by atoms with Crippen LogP contribution in [0.15, 0.2) is 65.9 Å². The van der Waals surface area contributed by atoms with Gasteiger partial charge >= 0.3 is 6.61 Å². The Morgan fingerprint density at radius 1 is 1.17 bits per heavy atom. The lowest BCUT2D eigenvalue weighted by Gasteiger charge is -2.38. The van der Waals surface area contributed by atoms with Gasteiger partial charge in [-0.05, 0) is 50.2 Å². The minimum Gasteiger partial charge on any atom is -0.434 e. The summed E-state index contributed by atoms with van der Waals surface area (Å²) >= 11 is 5.56. The zero-order chi connectivity index (χ0) is 21.3. The maximum atomic E-state index is 13.3. The van der Waals surface area contributed by atoms with Crippen LogP contribution in [0.2, 0.25) is 0 Å². The van der Waals surface area contributed by atoms with E-state index in [0.717, 1.165) is 12.8 Å². The Kier molecular flexibility index (Phi) is 5.67. The highest BCUT2D eigenvalue weighted by atomic mass is 32.1. The predicted molar refractivity (Wildman–Crippen MR) is 114 cm³/mol. The molecule has 4 rings (SSSR count). The number of nitrogens with one attached hydrogen (secondary N) is 2. The molecule has 1 fully saturated rings. The van der Waals surface area contributed by atoms with Crippen molar-refractivity contribution in [2.75, 3.05) is 5.32 Å². The normalized spacial score (nSPS) is 19.0. The molecule has 2 aliphatic rings. The standard InChI is InChI=1S/C22H21F2N3O2S/c1-13-18(20(28)25-14-7-3-2-4-8-14)19(26-22(30)27(13)15-11-12-15)16-9-5-6-10-17(16)29-21(23)24/h2-10,15,19,21H,11-12H2,1H3,(H,25,28)(H,26,30). The molecule has 1 heterocycles. The Morgan fingerprint density at radius 3 is 2.50 bits per heavy atom. The van der Waals surface area contributed by atoms with E-state index >= 15 is 0 Å². The zero-order valence-corrected chi connectivity index (χ0v) is 17.1. The van der Waals surface area contributed by atoms with Gasteiger partial charge in [0.05, 0.1) is 11.6 Å². The monoisotopic (exact) mass is 429 g/mol. The lowest BCUT2D eigenvalue weighted by molar-refractivity contribution is -0.113. The van der Waals surface area contributed by atoms with Crippen molar-refractivity contribution in [1.82, 2.24) is 10.2 Å². The van der Waals surface area contributed by atoms with Gasteiger partial charge in [0, 0.05) is 23.0 Å². The Bertz CT molecular complexity index is 993. The second kappa shape index (κ2) is 8.39. The van der Waals surface area contributed by atoms with Crippen LogP contribution in [0.3, 0.4) is 0 Å². The molecule has 156 valence electrons. The smallest absolute Gasteiger partial charge is 0.387 e. The molecule has 30 heavy (non-hydrogen) atoms. The van der Waals surface area contributed by atoms with Gasteiger partial charge in [-0.2, -0.15) is 8.78 Å². The maximum absolute atomic E-state index is 13.3. The van der Waals surface area contributed by atoms with Crippen molar-refractivity contribution in [3.63, 3.8) is 0 Å². The van der Waals surface area contributed by atoms with E-state index in [4.69, 9.17) is 17.0 Å². The number of carbonyl (C=O) groups is 1. The predicted octanol–water partition coefficient (Wildman–Crippen LogP) is 4.59. The van der Waals surface area contributed by atoms with Gasteiger partial charge < -0.3 is 20.3 Å². The third-order valence-corrected chi connectivity index (χ3v) is 5.48. The summed E-state index contributed by atoms with van der Waals surface area (Å²) in [4.78, 5) is 15.3. The van der Waals surface area contributed by atoms with E-state index in [2.05, 4.69) is 10.6 Å². The maximum Gasteiger partial charge on any atom is 0.387 e. The van der Waals surface area contributed by atoms with E-state index in [1.165, 1.54) is 6.07 Å². The lowest BCUT2D eigenvalue weighted by atomic mass is 9.93. The van der Waals surface area contributed by atoms with Crippen LogP contribution in [0.5, 0.6) is 5.75 Å². The Hall–Kier alpha value is -3.00. The lowest BCUT2D eigenvalue weighted by Crippen LogP contribution is -2.49. The molecule has 5 nitrogen and oxygen atoms in total. The molecule has 0 saturated heterocycles. The number of thiocarbonyl (C=S) groups is 1. The van der Waals surface area contributed by atoms with Gasteiger partial charge in [0.2, 0.25) is 0 Å². The highest BCUT2D eigenvalue weighted by molar-refractivity contribution is 7.80.